The summed E-state index contributed by atoms with van der Waals surface area (Å²) >= 11 is 0. The molecule has 3 N–H and O–H groups in total. The number of halogens is 2. The third-order valence-electron chi connectivity index (χ3n) is 5.20. The van der Waals surface area contributed by atoms with Crippen molar-refractivity contribution >= 4 is 22.4 Å². The minimum absolute atomic E-state index is 0.215. The van der Waals surface area contributed by atoms with E-state index in [4.69, 9.17) is 9.94 Å². The van der Waals surface area contributed by atoms with Gasteiger partial charge in [0.2, 0.25) is 0 Å². The van der Waals surface area contributed by atoms with E-state index in [9.17, 15) is 13.6 Å². The first-order valence-corrected chi connectivity index (χ1v) is 9.56. The lowest BCUT2D eigenvalue weighted by Gasteiger charge is -2.26. The van der Waals surface area contributed by atoms with E-state index in [0.29, 0.717) is 18.7 Å². The van der Waals surface area contributed by atoms with Crippen LogP contribution in [-0.2, 0) is 11.3 Å². The second-order valence-electron chi connectivity index (χ2n) is 7.18. The van der Waals surface area contributed by atoms with Crippen molar-refractivity contribution in [1.29, 1.82) is 0 Å². The summed E-state index contributed by atoms with van der Waals surface area (Å²) in [7, 11) is 0. The molecule has 1 amide bonds. The lowest BCUT2D eigenvalue weighted by molar-refractivity contribution is -0.131. The minimum atomic E-state index is -0.715. The Morgan fingerprint density at radius 2 is 2.10 bits per heavy atom. The molecule has 0 saturated heterocycles. The van der Waals surface area contributed by atoms with Crippen LogP contribution >= 0.6 is 0 Å². The van der Waals surface area contributed by atoms with Crippen LogP contribution in [0.1, 0.15) is 17.5 Å². The van der Waals surface area contributed by atoms with Crippen LogP contribution in [0, 0.1) is 11.6 Å². The van der Waals surface area contributed by atoms with Gasteiger partial charge in [-0.15, -0.1) is 0 Å². The number of rotatable bonds is 6. The molecule has 156 valence electrons. The molecular formula is C22H21F2N3O3. The summed E-state index contributed by atoms with van der Waals surface area (Å²) in [6.45, 7) is 1.45. The number of H-pyrrole nitrogens is 1. The molecule has 2 aromatic carbocycles. The molecule has 8 heteroatoms. The predicted octanol–water partition coefficient (Wildman–Crippen LogP) is 3.62. The van der Waals surface area contributed by atoms with Crippen molar-refractivity contribution in [3.05, 3.63) is 71.4 Å². The van der Waals surface area contributed by atoms with E-state index in [2.05, 4.69) is 16.0 Å². The SMILES string of the molecule is O=C(COc1ccc(CN2CC=C(c3c[nH]c4ccc(F)cc34)CC2)c(F)c1)NO. The van der Waals surface area contributed by atoms with Crippen LogP contribution in [0.5, 0.6) is 5.75 Å². The topological polar surface area (TPSA) is 77.6 Å². The Hall–Kier alpha value is -3.23. The molecule has 0 bridgehead atoms. The first kappa shape index (κ1) is 20.1. The number of nitrogens with one attached hydrogen (secondary N) is 2. The zero-order valence-electron chi connectivity index (χ0n) is 16.1. The van der Waals surface area contributed by atoms with Crippen LogP contribution in [0.4, 0.5) is 8.78 Å². The van der Waals surface area contributed by atoms with Crippen LogP contribution in [0.15, 0.2) is 48.7 Å². The maximum absolute atomic E-state index is 14.4. The van der Waals surface area contributed by atoms with Crippen LogP contribution in [0.25, 0.3) is 16.5 Å². The third-order valence-corrected chi connectivity index (χ3v) is 5.20. The average Bonchev–Trinajstić information content (AvgIpc) is 3.17. The number of aromatic nitrogens is 1. The average molecular weight is 413 g/mol. The number of amides is 1. The normalized spacial score (nSPS) is 14.6. The van der Waals surface area contributed by atoms with E-state index in [-0.39, 0.29) is 11.6 Å². The molecule has 0 unspecified atom stereocenters. The number of fused-ring (bicyclic) bond motifs is 1. The van der Waals surface area contributed by atoms with Gasteiger partial charge in [0.05, 0.1) is 0 Å². The van der Waals surface area contributed by atoms with Crippen molar-refractivity contribution in [2.24, 2.45) is 0 Å². The molecule has 0 radical (unpaired) electrons. The molecule has 1 aliphatic heterocycles. The maximum atomic E-state index is 14.4. The molecule has 0 fully saturated rings. The Bertz CT molecular complexity index is 1110. The van der Waals surface area contributed by atoms with E-state index in [0.717, 1.165) is 35.0 Å². The smallest absolute Gasteiger partial charge is 0.281 e. The molecule has 6 nitrogen and oxygen atoms in total. The van der Waals surface area contributed by atoms with E-state index in [1.807, 2.05) is 6.20 Å². The van der Waals surface area contributed by atoms with Gasteiger partial charge in [0.15, 0.2) is 6.61 Å². The number of hydroxylamine groups is 1. The van der Waals surface area contributed by atoms with Gasteiger partial charge in [-0.1, -0.05) is 12.1 Å². The van der Waals surface area contributed by atoms with Gasteiger partial charge < -0.3 is 9.72 Å². The van der Waals surface area contributed by atoms with E-state index >= 15 is 0 Å². The zero-order valence-corrected chi connectivity index (χ0v) is 16.1. The van der Waals surface area contributed by atoms with Crippen LogP contribution in [0.2, 0.25) is 0 Å². The zero-order chi connectivity index (χ0) is 21.1. The predicted molar refractivity (Wildman–Crippen MR) is 108 cm³/mol. The van der Waals surface area contributed by atoms with Gasteiger partial charge >= 0.3 is 0 Å². The Kier molecular flexibility index (Phi) is 5.78. The maximum Gasteiger partial charge on any atom is 0.281 e. The quantitative estimate of drug-likeness (QED) is 0.426. The first-order chi connectivity index (χ1) is 14.5. The van der Waals surface area contributed by atoms with Crippen molar-refractivity contribution in [3.8, 4) is 5.75 Å². The number of benzene rings is 2. The van der Waals surface area contributed by atoms with Crippen molar-refractivity contribution in [2.75, 3.05) is 19.7 Å². The van der Waals surface area contributed by atoms with Gasteiger partial charge in [-0.3, -0.25) is 14.9 Å². The number of carbonyl (C=O) groups is 1. The lowest BCUT2D eigenvalue weighted by atomic mass is 9.98. The molecular weight excluding hydrogens is 392 g/mol. The summed E-state index contributed by atoms with van der Waals surface area (Å²) in [4.78, 5) is 16.3. The fraction of sp³-hybridized carbons (Fsp3) is 0.227. The monoisotopic (exact) mass is 413 g/mol. The fourth-order valence-electron chi connectivity index (χ4n) is 3.63. The molecule has 1 aromatic heterocycles. The molecule has 1 aliphatic rings. The number of ether oxygens (including phenoxy) is 1. The molecule has 3 aromatic rings. The van der Waals surface area contributed by atoms with Gasteiger partial charge in [-0.05, 0) is 36.3 Å². The summed E-state index contributed by atoms with van der Waals surface area (Å²) in [5.74, 6) is -1.18. The van der Waals surface area contributed by atoms with Crippen molar-refractivity contribution in [1.82, 2.24) is 15.4 Å². The van der Waals surface area contributed by atoms with Gasteiger partial charge in [0.1, 0.15) is 17.4 Å². The summed E-state index contributed by atoms with van der Waals surface area (Å²) in [5.41, 5.74) is 5.03. The highest BCUT2D eigenvalue weighted by atomic mass is 19.1. The van der Waals surface area contributed by atoms with Crippen molar-refractivity contribution in [2.45, 2.75) is 13.0 Å². The Labute approximate surface area is 171 Å². The van der Waals surface area contributed by atoms with Crippen LogP contribution in [-0.4, -0.2) is 40.7 Å². The van der Waals surface area contributed by atoms with Crippen molar-refractivity contribution < 1.29 is 23.5 Å². The van der Waals surface area contributed by atoms with E-state index in [1.165, 1.54) is 23.7 Å². The summed E-state index contributed by atoms with van der Waals surface area (Å²) < 4.78 is 33.2. The van der Waals surface area contributed by atoms with Gasteiger partial charge in [0, 0.05) is 53.9 Å². The van der Waals surface area contributed by atoms with Crippen LogP contribution in [0.3, 0.4) is 0 Å². The highest BCUT2D eigenvalue weighted by molar-refractivity contribution is 5.92. The Balaban J connectivity index is 1.41. The molecule has 0 saturated carbocycles. The largest absolute Gasteiger partial charge is 0.484 e. The second kappa shape index (κ2) is 8.64. The van der Waals surface area contributed by atoms with Crippen LogP contribution < -0.4 is 10.2 Å². The molecule has 0 aliphatic carbocycles. The van der Waals surface area contributed by atoms with Crippen molar-refractivity contribution in [3.63, 3.8) is 0 Å². The highest BCUT2D eigenvalue weighted by Gasteiger charge is 2.17. The number of carbonyl (C=O) groups excluding carboxylic acids is 1. The lowest BCUT2D eigenvalue weighted by Crippen LogP contribution is -2.28. The fourth-order valence-corrected chi connectivity index (χ4v) is 3.63. The third kappa shape index (κ3) is 4.34. The number of aromatic amines is 1. The number of hydrogen-bond donors (Lipinski definition) is 3. The highest BCUT2D eigenvalue weighted by Crippen LogP contribution is 2.30. The molecule has 0 atom stereocenters. The molecule has 30 heavy (non-hydrogen) atoms. The van der Waals surface area contributed by atoms with E-state index < -0.39 is 18.3 Å². The van der Waals surface area contributed by atoms with Gasteiger partial charge in [-0.2, -0.15) is 0 Å². The second-order valence-corrected chi connectivity index (χ2v) is 7.18. The van der Waals surface area contributed by atoms with Gasteiger partial charge in [-0.25, -0.2) is 14.3 Å². The van der Waals surface area contributed by atoms with E-state index in [1.54, 1.807) is 18.2 Å². The Morgan fingerprint density at radius 1 is 1.23 bits per heavy atom. The van der Waals surface area contributed by atoms with Gasteiger partial charge in [0.25, 0.3) is 5.91 Å². The summed E-state index contributed by atoms with van der Waals surface area (Å²) in [6.07, 6.45) is 4.78. The Morgan fingerprint density at radius 3 is 2.83 bits per heavy atom. The summed E-state index contributed by atoms with van der Waals surface area (Å²) in [5, 5.41) is 9.32. The standard InChI is InChI=1S/C22H21F2N3O3/c23-16-2-4-21-18(9-16)19(11-25-21)14-5-7-27(8-6-14)12-15-1-3-17(10-20(15)24)30-13-22(28)26-29/h1-5,9-11,25,29H,6-8,12-13H2,(H,26,28). The number of hydrogen-bond acceptors (Lipinski definition) is 4. The molecule has 4 rings (SSSR count). The molecule has 2 heterocycles. The first-order valence-electron chi connectivity index (χ1n) is 9.56. The minimum Gasteiger partial charge on any atom is -0.484 e. The summed E-state index contributed by atoms with van der Waals surface area (Å²) in [6, 6.07) is 9.16. The number of nitrogens with zero attached hydrogens (tertiary/aromatic N) is 1. The molecule has 0 spiro atoms.